The van der Waals surface area contributed by atoms with E-state index in [9.17, 15) is 0 Å². The lowest BCUT2D eigenvalue weighted by Gasteiger charge is -2.03. The highest BCUT2D eigenvalue weighted by atomic mass is 32.1. The molecule has 0 radical (unpaired) electrons. The first-order chi connectivity index (χ1) is 8.24. The van der Waals surface area contributed by atoms with Gasteiger partial charge in [0.2, 0.25) is 0 Å². The monoisotopic (exact) mass is 249 g/mol. The number of nitrogens with one attached hydrogen (secondary N) is 1. The van der Waals surface area contributed by atoms with Crippen LogP contribution in [-0.4, -0.2) is 16.2 Å². The maximum atomic E-state index is 5.58. The summed E-state index contributed by atoms with van der Waals surface area (Å²) in [4.78, 5) is 0. The van der Waals surface area contributed by atoms with Gasteiger partial charge in [-0.1, -0.05) is 48.5 Å². The molecule has 1 aromatic carbocycles. The van der Waals surface area contributed by atoms with Crippen molar-refractivity contribution in [2.45, 2.75) is 26.4 Å². The van der Waals surface area contributed by atoms with Crippen molar-refractivity contribution < 1.29 is 4.74 Å². The third-order valence-electron chi connectivity index (χ3n) is 2.06. The van der Waals surface area contributed by atoms with E-state index in [1.54, 1.807) is 0 Å². The minimum atomic E-state index is 0.442. The van der Waals surface area contributed by atoms with Crippen molar-refractivity contribution in [1.29, 1.82) is 0 Å². The molecule has 4 nitrogen and oxygen atoms in total. The maximum Gasteiger partial charge on any atom is 0.299 e. The van der Waals surface area contributed by atoms with E-state index in [1.807, 2.05) is 30.3 Å². The van der Waals surface area contributed by atoms with Gasteiger partial charge in [0.05, 0.1) is 6.54 Å². The molecule has 0 atom stereocenters. The fourth-order valence-corrected chi connectivity index (χ4v) is 1.89. The molecule has 0 bridgehead atoms. The normalized spacial score (nSPS) is 10.8. The van der Waals surface area contributed by atoms with E-state index in [-0.39, 0.29) is 0 Å². The summed E-state index contributed by atoms with van der Waals surface area (Å²) in [5.41, 5.74) is 0. The van der Waals surface area contributed by atoms with Crippen LogP contribution >= 0.6 is 11.3 Å². The smallest absolute Gasteiger partial charge is 0.299 e. The highest BCUT2D eigenvalue weighted by Crippen LogP contribution is 2.24. The van der Waals surface area contributed by atoms with Crippen molar-refractivity contribution in [3.63, 3.8) is 0 Å². The summed E-state index contributed by atoms with van der Waals surface area (Å²) in [6, 6.07) is 10.0. The number of para-hydroxylation sites is 1. The standard InChI is InChI=1S/C12H15N3OS/c1-9(2)13-8-11-14-15-12(17-11)16-10-6-4-3-5-7-10/h3-7,9,13H,8H2,1-2H3. The largest absolute Gasteiger partial charge is 0.430 e. The minimum absolute atomic E-state index is 0.442. The number of rotatable bonds is 5. The van der Waals surface area contributed by atoms with Crippen LogP contribution in [0.25, 0.3) is 0 Å². The number of hydrogen-bond donors (Lipinski definition) is 1. The molecule has 90 valence electrons. The summed E-state index contributed by atoms with van der Waals surface area (Å²) in [5, 5.41) is 12.9. The first kappa shape index (κ1) is 12.0. The fraction of sp³-hybridized carbons (Fsp3) is 0.333. The van der Waals surface area contributed by atoms with Crippen LogP contribution in [0.15, 0.2) is 30.3 Å². The van der Waals surface area contributed by atoms with E-state index < -0.39 is 0 Å². The maximum absolute atomic E-state index is 5.58. The molecule has 0 saturated heterocycles. The van der Waals surface area contributed by atoms with E-state index in [0.29, 0.717) is 11.2 Å². The summed E-state index contributed by atoms with van der Waals surface area (Å²) < 4.78 is 5.58. The highest BCUT2D eigenvalue weighted by Gasteiger charge is 2.06. The molecule has 1 aromatic heterocycles. The van der Waals surface area contributed by atoms with Crippen LogP contribution in [0.3, 0.4) is 0 Å². The first-order valence-corrected chi connectivity index (χ1v) is 6.34. The Bertz CT molecular complexity index is 456. The summed E-state index contributed by atoms with van der Waals surface area (Å²) in [6.07, 6.45) is 0. The van der Waals surface area contributed by atoms with Crippen LogP contribution in [0.4, 0.5) is 0 Å². The molecule has 5 heteroatoms. The third-order valence-corrected chi connectivity index (χ3v) is 2.86. The molecule has 0 fully saturated rings. The second-order valence-electron chi connectivity index (χ2n) is 3.91. The molecule has 0 aliphatic heterocycles. The SMILES string of the molecule is CC(C)NCc1nnc(Oc2ccccc2)s1. The molecule has 2 aromatic rings. The number of benzene rings is 1. The van der Waals surface area contributed by atoms with Crippen molar-refractivity contribution in [3.8, 4) is 10.9 Å². The topological polar surface area (TPSA) is 47.0 Å². The summed E-state index contributed by atoms with van der Waals surface area (Å²) in [7, 11) is 0. The first-order valence-electron chi connectivity index (χ1n) is 5.52. The Morgan fingerprint density at radius 1 is 1.24 bits per heavy atom. The summed E-state index contributed by atoms with van der Waals surface area (Å²) in [5.74, 6) is 0.784. The predicted octanol–water partition coefficient (Wildman–Crippen LogP) is 2.83. The van der Waals surface area contributed by atoms with Crippen LogP contribution in [0, 0.1) is 0 Å². The Morgan fingerprint density at radius 3 is 2.71 bits per heavy atom. The van der Waals surface area contributed by atoms with Gasteiger partial charge in [-0.25, -0.2) is 0 Å². The molecule has 2 rings (SSSR count). The summed E-state index contributed by atoms with van der Waals surface area (Å²) in [6.45, 7) is 4.93. The van der Waals surface area contributed by atoms with Gasteiger partial charge in [-0.15, -0.1) is 5.10 Å². The molecule has 17 heavy (non-hydrogen) atoms. The minimum Gasteiger partial charge on any atom is -0.430 e. The Kier molecular flexibility index (Phi) is 4.06. The van der Waals surface area contributed by atoms with Crippen molar-refractivity contribution in [2.75, 3.05) is 0 Å². The van der Waals surface area contributed by atoms with Gasteiger partial charge in [-0.2, -0.15) is 0 Å². The van der Waals surface area contributed by atoms with E-state index in [2.05, 4.69) is 29.4 Å². The van der Waals surface area contributed by atoms with Crippen LogP contribution in [0.1, 0.15) is 18.9 Å². The van der Waals surface area contributed by atoms with E-state index in [1.165, 1.54) is 11.3 Å². The molecule has 0 aliphatic rings. The number of aromatic nitrogens is 2. The number of nitrogens with zero attached hydrogens (tertiary/aromatic N) is 2. The average molecular weight is 249 g/mol. The average Bonchev–Trinajstić information content (AvgIpc) is 2.75. The van der Waals surface area contributed by atoms with Gasteiger partial charge in [0.25, 0.3) is 5.19 Å². The van der Waals surface area contributed by atoms with Gasteiger partial charge >= 0.3 is 0 Å². The quantitative estimate of drug-likeness (QED) is 0.885. The molecular weight excluding hydrogens is 234 g/mol. The van der Waals surface area contributed by atoms with Crippen LogP contribution < -0.4 is 10.1 Å². The summed E-state index contributed by atoms with van der Waals surface area (Å²) >= 11 is 1.46. The van der Waals surface area contributed by atoms with Gasteiger partial charge in [0.15, 0.2) is 0 Å². The van der Waals surface area contributed by atoms with E-state index in [4.69, 9.17) is 4.74 Å². The zero-order valence-electron chi connectivity index (χ0n) is 9.88. The van der Waals surface area contributed by atoms with Crippen molar-refractivity contribution in [3.05, 3.63) is 35.3 Å². The third kappa shape index (κ3) is 3.80. The zero-order valence-corrected chi connectivity index (χ0v) is 10.7. The molecule has 0 amide bonds. The predicted molar refractivity (Wildman–Crippen MR) is 68.4 cm³/mol. The Hall–Kier alpha value is -1.46. The molecule has 0 aliphatic carbocycles. The zero-order chi connectivity index (χ0) is 12.1. The second-order valence-corrected chi connectivity index (χ2v) is 4.94. The molecular formula is C12H15N3OS. The molecule has 0 saturated carbocycles. The van der Waals surface area contributed by atoms with Crippen LogP contribution in [0.5, 0.6) is 10.9 Å². The molecule has 0 unspecified atom stereocenters. The van der Waals surface area contributed by atoms with Gasteiger partial charge < -0.3 is 10.1 Å². The molecule has 1 heterocycles. The lowest BCUT2D eigenvalue weighted by Crippen LogP contribution is -2.21. The van der Waals surface area contributed by atoms with Gasteiger partial charge in [-0.3, -0.25) is 0 Å². The molecule has 1 N–H and O–H groups in total. The van der Waals surface area contributed by atoms with Crippen LogP contribution in [-0.2, 0) is 6.54 Å². The van der Waals surface area contributed by atoms with E-state index in [0.717, 1.165) is 17.3 Å². The highest BCUT2D eigenvalue weighted by molar-refractivity contribution is 7.13. The van der Waals surface area contributed by atoms with Crippen molar-refractivity contribution in [1.82, 2.24) is 15.5 Å². The van der Waals surface area contributed by atoms with Gasteiger partial charge in [0.1, 0.15) is 10.8 Å². The van der Waals surface area contributed by atoms with E-state index >= 15 is 0 Å². The van der Waals surface area contributed by atoms with Crippen LogP contribution in [0.2, 0.25) is 0 Å². The van der Waals surface area contributed by atoms with Crippen molar-refractivity contribution >= 4 is 11.3 Å². The molecule has 0 spiro atoms. The van der Waals surface area contributed by atoms with Gasteiger partial charge in [0, 0.05) is 6.04 Å². The lowest BCUT2D eigenvalue weighted by molar-refractivity contribution is 0.473. The lowest BCUT2D eigenvalue weighted by atomic mass is 10.3. The van der Waals surface area contributed by atoms with Gasteiger partial charge in [-0.05, 0) is 12.1 Å². The Labute approximate surface area is 105 Å². The number of ether oxygens (including phenoxy) is 1. The fourth-order valence-electron chi connectivity index (χ4n) is 1.23. The van der Waals surface area contributed by atoms with Crippen molar-refractivity contribution in [2.24, 2.45) is 0 Å². The second kappa shape index (κ2) is 5.75. The Balaban J connectivity index is 1.94. The Morgan fingerprint density at radius 2 is 2.00 bits per heavy atom. The number of hydrogen-bond acceptors (Lipinski definition) is 5.